The first-order valence-electron chi connectivity index (χ1n) is 9.04. The van der Waals surface area contributed by atoms with Gasteiger partial charge in [-0.05, 0) is 35.9 Å². The fraction of sp³-hybridized carbons (Fsp3) is 0.286. The molecule has 0 N–H and O–H groups in total. The normalized spacial score (nSPS) is 10.6. The van der Waals surface area contributed by atoms with Crippen molar-refractivity contribution in [3.05, 3.63) is 59.4 Å². The first-order valence-corrected chi connectivity index (χ1v) is 10.0. The minimum Gasteiger partial charge on any atom is -0.497 e. The van der Waals surface area contributed by atoms with E-state index in [0.29, 0.717) is 35.8 Å². The summed E-state index contributed by atoms with van der Waals surface area (Å²) in [6.45, 7) is 0.474. The molecule has 0 unspecified atom stereocenters. The lowest BCUT2D eigenvalue weighted by Crippen LogP contribution is -2.04. The third-order valence-electron chi connectivity index (χ3n) is 4.34. The Hall–Kier alpha value is -3.00. The van der Waals surface area contributed by atoms with E-state index >= 15 is 0 Å². The maximum Gasteiger partial charge on any atom is 0.191 e. The van der Waals surface area contributed by atoms with Crippen molar-refractivity contribution in [2.24, 2.45) is 7.05 Å². The second-order valence-electron chi connectivity index (χ2n) is 6.21. The number of rotatable bonds is 10. The zero-order chi connectivity index (χ0) is 20.6. The van der Waals surface area contributed by atoms with Gasteiger partial charge in [0, 0.05) is 24.8 Å². The van der Waals surface area contributed by atoms with E-state index in [1.165, 1.54) is 0 Å². The van der Waals surface area contributed by atoms with Gasteiger partial charge >= 0.3 is 0 Å². The van der Waals surface area contributed by atoms with Gasteiger partial charge in [0.1, 0.15) is 17.9 Å². The molecule has 0 aliphatic heterocycles. The van der Waals surface area contributed by atoms with Crippen LogP contribution in [0.15, 0.2) is 47.6 Å². The summed E-state index contributed by atoms with van der Waals surface area (Å²) in [6, 6.07) is 13.0. The van der Waals surface area contributed by atoms with Gasteiger partial charge in [-0.3, -0.25) is 4.79 Å². The molecule has 1 heterocycles. The third-order valence-corrected chi connectivity index (χ3v) is 5.33. The molecule has 8 heteroatoms. The van der Waals surface area contributed by atoms with Gasteiger partial charge in [-0.1, -0.05) is 23.9 Å². The maximum absolute atomic E-state index is 10.9. The van der Waals surface area contributed by atoms with Crippen LogP contribution >= 0.6 is 11.8 Å². The third kappa shape index (κ3) is 5.29. The summed E-state index contributed by atoms with van der Waals surface area (Å²) in [5.74, 6) is 3.58. The van der Waals surface area contributed by atoms with Gasteiger partial charge in [-0.15, -0.1) is 10.2 Å². The number of methoxy groups -OCH3 is 2. The molecule has 0 fully saturated rings. The largest absolute Gasteiger partial charge is 0.497 e. The summed E-state index contributed by atoms with van der Waals surface area (Å²) < 4.78 is 18.2. The van der Waals surface area contributed by atoms with Crippen LogP contribution in [-0.4, -0.2) is 47.6 Å². The smallest absolute Gasteiger partial charge is 0.191 e. The Kier molecular flexibility index (Phi) is 7.13. The van der Waals surface area contributed by atoms with Crippen LogP contribution in [-0.2, 0) is 13.5 Å². The molecule has 0 spiro atoms. The lowest BCUT2D eigenvalue weighted by Gasteiger charge is -2.10. The van der Waals surface area contributed by atoms with Crippen LogP contribution in [0.25, 0.3) is 0 Å². The fourth-order valence-corrected chi connectivity index (χ4v) is 3.46. The summed E-state index contributed by atoms with van der Waals surface area (Å²) in [7, 11) is 5.17. The zero-order valence-corrected chi connectivity index (χ0v) is 17.4. The minimum absolute atomic E-state index is 0.474. The van der Waals surface area contributed by atoms with Gasteiger partial charge < -0.3 is 18.8 Å². The molecule has 3 aromatic rings. The van der Waals surface area contributed by atoms with Crippen molar-refractivity contribution in [3.63, 3.8) is 0 Å². The molecule has 0 aliphatic rings. The van der Waals surface area contributed by atoms with E-state index in [9.17, 15) is 4.79 Å². The van der Waals surface area contributed by atoms with Crippen molar-refractivity contribution < 1.29 is 19.0 Å². The SMILES string of the molecule is COc1ccc(Cc2nnc(SCCOc3ccc(C=O)cc3OC)n2C)cc1. The Bertz CT molecular complexity index is 957. The van der Waals surface area contributed by atoms with Crippen LogP contribution in [0, 0.1) is 0 Å². The van der Waals surface area contributed by atoms with E-state index < -0.39 is 0 Å². The molecule has 29 heavy (non-hydrogen) atoms. The Labute approximate surface area is 174 Å². The topological polar surface area (TPSA) is 75.5 Å². The van der Waals surface area contributed by atoms with Crippen molar-refractivity contribution in [1.82, 2.24) is 14.8 Å². The van der Waals surface area contributed by atoms with Gasteiger partial charge in [0.05, 0.1) is 20.8 Å². The highest BCUT2D eigenvalue weighted by Crippen LogP contribution is 2.28. The van der Waals surface area contributed by atoms with Gasteiger partial charge in [0.2, 0.25) is 0 Å². The van der Waals surface area contributed by atoms with E-state index in [-0.39, 0.29) is 0 Å². The van der Waals surface area contributed by atoms with Gasteiger partial charge in [-0.2, -0.15) is 0 Å². The summed E-state index contributed by atoms with van der Waals surface area (Å²) in [6.07, 6.45) is 1.48. The second-order valence-corrected chi connectivity index (χ2v) is 7.27. The first kappa shape index (κ1) is 20.7. The highest BCUT2D eigenvalue weighted by atomic mass is 32.2. The number of benzene rings is 2. The molecule has 2 aromatic carbocycles. The minimum atomic E-state index is 0.474. The number of hydrogen-bond donors (Lipinski definition) is 0. The van der Waals surface area contributed by atoms with Crippen LogP contribution in [0.5, 0.6) is 17.2 Å². The molecule has 152 valence electrons. The number of nitrogens with zero attached hydrogens (tertiary/aromatic N) is 3. The Morgan fingerprint density at radius 3 is 2.52 bits per heavy atom. The maximum atomic E-state index is 10.9. The summed E-state index contributed by atoms with van der Waals surface area (Å²) >= 11 is 1.57. The van der Waals surface area contributed by atoms with Crippen LogP contribution in [0.1, 0.15) is 21.7 Å². The van der Waals surface area contributed by atoms with Gasteiger partial charge in [0.25, 0.3) is 0 Å². The van der Waals surface area contributed by atoms with Crippen molar-refractivity contribution in [2.45, 2.75) is 11.6 Å². The van der Waals surface area contributed by atoms with Crippen molar-refractivity contribution in [1.29, 1.82) is 0 Å². The summed E-state index contributed by atoms with van der Waals surface area (Å²) in [5, 5.41) is 9.42. The molecule has 1 aromatic heterocycles. The molecule has 0 saturated heterocycles. The standard InChI is InChI=1S/C21H23N3O4S/c1-24-20(13-15-4-7-17(26-2)8-5-15)22-23-21(24)29-11-10-28-18-9-6-16(14-25)12-19(18)27-3/h4-9,12,14H,10-11,13H2,1-3H3. The Morgan fingerprint density at radius 2 is 1.83 bits per heavy atom. The van der Waals surface area contributed by atoms with E-state index in [1.54, 1.807) is 44.2 Å². The van der Waals surface area contributed by atoms with Gasteiger partial charge in [0.15, 0.2) is 16.7 Å². The van der Waals surface area contributed by atoms with Crippen molar-refractivity contribution in [3.8, 4) is 17.2 Å². The van der Waals surface area contributed by atoms with E-state index in [0.717, 1.165) is 28.6 Å². The summed E-state index contributed by atoms with van der Waals surface area (Å²) in [5.41, 5.74) is 1.69. The van der Waals surface area contributed by atoms with Crippen LogP contribution < -0.4 is 14.2 Å². The quantitative estimate of drug-likeness (QED) is 0.286. The monoisotopic (exact) mass is 413 g/mol. The Morgan fingerprint density at radius 1 is 1.03 bits per heavy atom. The van der Waals surface area contributed by atoms with Crippen molar-refractivity contribution in [2.75, 3.05) is 26.6 Å². The molecule has 0 atom stereocenters. The summed E-state index contributed by atoms with van der Waals surface area (Å²) in [4.78, 5) is 10.9. The van der Waals surface area contributed by atoms with E-state index in [2.05, 4.69) is 10.2 Å². The van der Waals surface area contributed by atoms with E-state index in [4.69, 9.17) is 14.2 Å². The highest BCUT2D eigenvalue weighted by Gasteiger charge is 2.11. The second kappa shape index (κ2) is 9.97. The predicted molar refractivity (Wildman–Crippen MR) is 111 cm³/mol. The average molecular weight is 413 g/mol. The first-order chi connectivity index (χ1) is 14.1. The van der Waals surface area contributed by atoms with Crippen LogP contribution in [0.3, 0.4) is 0 Å². The van der Waals surface area contributed by atoms with Gasteiger partial charge in [-0.25, -0.2) is 0 Å². The molecular weight excluding hydrogens is 390 g/mol. The molecule has 3 rings (SSSR count). The van der Waals surface area contributed by atoms with Crippen LogP contribution in [0.2, 0.25) is 0 Å². The van der Waals surface area contributed by atoms with E-state index in [1.807, 2.05) is 35.9 Å². The molecule has 0 saturated carbocycles. The lowest BCUT2D eigenvalue weighted by atomic mass is 10.1. The number of thioether (sulfide) groups is 1. The number of aldehydes is 1. The lowest BCUT2D eigenvalue weighted by molar-refractivity contribution is 0.112. The Balaban J connectivity index is 1.53. The molecule has 0 radical (unpaired) electrons. The molecular formula is C21H23N3O4S. The highest BCUT2D eigenvalue weighted by molar-refractivity contribution is 7.99. The van der Waals surface area contributed by atoms with Crippen molar-refractivity contribution >= 4 is 18.0 Å². The number of carbonyl (C=O) groups excluding carboxylic acids is 1. The molecule has 0 bridgehead atoms. The zero-order valence-electron chi connectivity index (χ0n) is 16.6. The fourth-order valence-electron chi connectivity index (χ4n) is 2.71. The molecule has 0 amide bonds. The predicted octanol–water partition coefficient (Wildman–Crippen LogP) is 3.41. The molecule has 7 nitrogen and oxygen atoms in total. The average Bonchev–Trinajstić information content (AvgIpc) is 3.11. The number of aromatic nitrogens is 3. The van der Waals surface area contributed by atoms with Crippen LogP contribution in [0.4, 0.5) is 0 Å². The molecule has 0 aliphatic carbocycles. The number of hydrogen-bond acceptors (Lipinski definition) is 7. The number of ether oxygens (including phenoxy) is 3. The number of carbonyl (C=O) groups is 1.